The summed E-state index contributed by atoms with van der Waals surface area (Å²) < 4.78 is 4.41. The number of carbonyl (C=O) groups excluding carboxylic acids is 2. The van der Waals surface area contributed by atoms with E-state index in [2.05, 4.69) is 4.74 Å². The molecule has 1 aromatic carbocycles. The summed E-state index contributed by atoms with van der Waals surface area (Å²) in [6, 6.07) is 4.45. The van der Waals surface area contributed by atoms with Gasteiger partial charge in [-0.1, -0.05) is 6.07 Å². The molecule has 0 aliphatic heterocycles. The van der Waals surface area contributed by atoms with Gasteiger partial charge in [-0.05, 0) is 23.8 Å². The zero-order chi connectivity index (χ0) is 11.3. The van der Waals surface area contributed by atoms with E-state index in [4.69, 9.17) is 0 Å². The topological polar surface area (TPSA) is 63.6 Å². The molecule has 0 aliphatic carbocycles. The number of hydrogen-bond acceptors (Lipinski definition) is 4. The highest BCUT2D eigenvalue weighted by molar-refractivity contribution is 5.88. The fraction of sp³-hybridized carbons (Fsp3) is 0.0909. The molecule has 4 nitrogen and oxygen atoms in total. The van der Waals surface area contributed by atoms with Gasteiger partial charge in [0.2, 0.25) is 0 Å². The molecule has 78 valence electrons. The van der Waals surface area contributed by atoms with E-state index in [1.54, 1.807) is 6.07 Å². The average Bonchev–Trinajstić information content (AvgIpc) is 2.27. The molecule has 0 atom stereocenters. The van der Waals surface area contributed by atoms with E-state index in [0.717, 1.165) is 0 Å². The number of esters is 1. The molecule has 0 heterocycles. The maximum atomic E-state index is 10.8. The Morgan fingerprint density at radius 3 is 2.80 bits per heavy atom. The molecule has 1 N–H and O–H groups in total. The van der Waals surface area contributed by atoms with E-state index in [9.17, 15) is 14.7 Å². The lowest BCUT2D eigenvalue weighted by Gasteiger charge is -1.98. The molecule has 0 amide bonds. The van der Waals surface area contributed by atoms with Gasteiger partial charge in [-0.25, -0.2) is 4.79 Å². The predicted octanol–water partition coefficient (Wildman–Crippen LogP) is 1.39. The zero-order valence-electron chi connectivity index (χ0n) is 8.14. The number of methoxy groups -OCH3 is 1. The van der Waals surface area contributed by atoms with Crippen LogP contribution in [0.25, 0.3) is 6.08 Å². The summed E-state index contributed by atoms with van der Waals surface area (Å²) in [6.45, 7) is 0. The third kappa shape index (κ3) is 2.95. The van der Waals surface area contributed by atoms with Gasteiger partial charge in [0.05, 0.1) is 12.7 Å². The van der Waals surface area contributed by atoms with Gasteiger partial charge in [0.1, 0.15) is 5.75 Å². The molecule has 0 spiro atoms. The summed E-state index contributed by atoms with van der Waals surface area (Å²) in [5.74, 6) is -0.559. The molecule has 4 heteroatoms. The lowest BCUT2D eigenvalue weighted by molar-refractivity contribution is -0.134. The minimum absolute atomic E-state index is 0.0831. The van der Waals surface area contributed by atoms with Gasteiger partial charge < -0.3 is 9.84 Å². The molecule has 1 aromatic rings. The SMILES string of the molecule is COC(=O)C=Cc1ccc(O)c(C=O)c1. The van der Waals surface area contributed by atoms with Crippen molar-refractivity contribution in [1.29, 1.82) is 0 Å². The monoisotopic (exact) mass is 206 g/mol. The van der Waals surface area contributed by atoms with Gasteiger partial charge in [0, 0.05) is 6.08 Å². The van der Waals surface area contributed by atoms with Crippen molar-refractivity contribution in [2.24, 2.45) is 0 Å². The third-order valence-corrected chi connectivity index (χ3v) is 1.79. The Morgan fingerprint density at radius 2 is 2.20 bits per heavy atom. The van der Waals surface area contributed by atoms with Crippen molar-refractivity contribution in [2.75, 3.05) is 7.11 Å². The standard InChI is InChI=1S/C11H10O4/c1-15-11(14)5-3-8-2-4-10(13)9(6-8)7-12/h2-7,13H,1H3. The fourth-order valence-corrected chi connectivity index (χ4v) is 1.00. The lowest BCUT2D eigenvalue weighted by Crippen LogP contribution is -1.93. The Balaban J connectivity index is 2.92. The van der Waals surface area contributed by atoms with Crippen molar-refractivity contribution in [3.8, 4) is 5.75 Å². The van der Waals surface area contributed by atoms with Crippen LogP contribution in [-0.4, -0.2) is 24.5 Å². The summed E-state index contributed by atoms with van der Waals surface area (Å²) in [5.41, 5.74) is 0.822. The van der Waals surface area contributed by atoms with Gasteiger partial charge in [-0.15, -0.1) is 0 Å². The van der Waals surface area contributed by atoms with E-state index >= 15 is 0 Å². The number of hydrogen-bond donors (Lipinski definition) is 1. The van der Waals surface area contributed by atoms with Crippen LogP contribution >= 0.6 is 0 Å². The number of aromatic hydroxyl groups is 1. The Bertz CT molecular complexity index is 407. The van der Waals surface area contributed by atoms with E-state index < -0.39 is 5.97 Å². The fourth-order valence-electron chi connectivity index (χ4n) is 1.00. The molecular weight excluding hydrogens is 196 g/mol. The molecule has 0 aromatic heterocycles. The molecule has 0 saturated carbocycles. The quantitative estimate of drug-likeness (QED) is 0.461. The van der Waals surface area contributed by atoms with Crippen LogP contribution in [0.15, 0.2) is 24.3 Å². The first-order chi connectivity index (χ1) is 7.17. The molecule has 15 heavy (non-hydrogen) atoms. The Kier molecular flexibility index (Phi) is 3.62. The molecule has 0 unspecified atom stereocenters. The van der Waals surface area contributed by atoms with Crippen molar-refractivity contribution in [3.05, 3.63) is 35.4 Å². The molecule has 0 aliphatic rings. The van der Waals surface area contributed by atoms with Crippen LogP contribution in [0.3, 0.4) is 0 Å². The molecule has 0 bridgehead atoms. The second kappa shape index (κ2) is 4.95. The average molecular weight is 206 g/mol. The first-order valence-corrected chi connectivity index (χ1v) is 4.21. The highest BCUT2D eigenvalue weighted by Crippen LogP contribution is 2.17. The summed E-state index contributed by atoms with van der Waals surface area (Å²) in [5, 5.41) is 9.21. The van der Waals surface area contributed by atoms with Crippen LogP contribution in [0.4, 0.5) is 0 Å². The molecular formula is C11H10O4. The maximum Gasteiger partial charge on any atom is 0.330 e. The van der Waals surface area contributed by atoms with E-state index in [1.165, 1.54) is 31.4 Å². The zero-order valence-corrected chi connectivity index (χ0v) is 8.14. The Labute approximate surface area is 86.8 Å². The van der Waals surface area contributed by atoms with Crippen molar-refractivity contribution in [3.63, 3.8) is 0 Å². The smallest absolute Gasteiger partial charge is 0.330 e. The Morgan fingerprint density at radius 1 is 1.47 bits per heavy atom. The van der Waals surface area contributed by atoms with E-state index in [1.807, 2.05) is 0 Å². The Hall–Kier alpha value is -2.10. The number of ether oxygens (including phenoxy) is 1. The minimum Gasteiger partial charge on any atom is -0.507 e. The largest absolute Gasteiger partial charge is 0.507 e. The highest BCUT2D eigenvalue weighted by Gasteiger charge is 1.99. The summed E-state index contributed by atoms with van der Waals surface area (Å²) >= 11 is 0. The van der Waals surface area contributed by atoms with Crippen LogP contribution < -0.4 is 0 Å². The first kappa shape index (κ1) is 11.0. The lowest BCUT2D eigenvalue weighted by atomic mass is 10.1. The van der Waals surface area contributed by atoms with Crippen molar-refractivity contribution in [2.45, 2.75) is 0 Å². The van der Waals surface area contributed by atoms with Crippen LogP contribution in [0.5, 0.6) is 5.75 Å². The van der Waals surface area contributed by atoms with Crippen LogP contribution in [-0.2, 0) is 9.53 Å². The van der Waals surface area contributed by atoms with Gasteiger partial charge >= 0.3 is 5.97 Å². The maximum absolute atomic E-state index is 10.8. The van der Waals surface area contributed by atoms with Crippen molar-refractivity contribution < 1.29 is 19.4 Å². The summed E-state index contributed by atoms with van der Waals surface area (Å²) in [6.07, 6.45) is 3.28. The second-order valence-electron chi connectivity index (χ2n) is 2.79. The normalized spacial score (nSPS) is 10.2. The van der Waals surface area contributed by atoms with Gasteiger partial charge in [-0.3, -0.25) is 4.79 Å². The minimum atomic E-state index is -0.476. The summed E-state index contributed by atoms with van der Waals surface area (Å²) in [4.78, 5) is 21.3. The highest BCUT2D eigenvalue weighted by atomic mass is 16.5. The van der Waals surface area contributed by atoms with Crippen molar-refractivity contribution in [1.82, 2.24) is 0 Å². The summed E-state index contributed by atoms with van der Waals surface area (Å²) in [7, 11) is 1.28. The van der Waals surface area contributed by atoms with Gasteiger partial charge in [0.15, 0.2) is 6.29 Å². The number of benzene rings is 1. The van der Waals surface area contributed by atoms with Crippen LogP contribution in [0, 0.1) is 0 Å². The number of aldehydes is 1. The first-order valence-electron chi connectivity index (χ1n) is 4.21. The number of phenolic OH excluding ortho intramolecular Hbond substituents is 1. The molecule has 1 rings (SSSR count). The molecule has 0 fully saturated rings. The molecule has 0 radical (unpaired) electrons. The van der Waals surface area contributed by atoms with Crippen molar-refractivity contribution >= 4 is 18.3 Å². The number of rotatable bonds is 3. The third-order valence-electron chi connectivity index (χ3n) is 1.79. The molecule has 0 saturated heterocycles. The predicted molar refractivity (Wildman–Crippen MR) is 54.5 cm³/mol. The van der Waals surface area contributed by atoms with Crippen LogP contribution in [0.2, 0.25) is 0 Å². The van der Waals surface area contributed by atoms with Gasteiger partial charge in [0.25, 0.3) is 0 Å². The second-order valence-corrected chi connectivity index (χ2v) is 2.79. The van der Waals surface area contributed by atoms with E-state index in [0.29, 0.717) is 11.8 Å². The number of phenols is 1. The van der Waals surface area contributed by atoms with Crippen LogP contribution in [0.1, 0.15) is 15.9 Å². The number of carbonyl (C=O) groups is 2. The van der Waals surface area contributed by atoms with Gasteiger partial charge in [-0.2, -0.15) is 0 Å². The van der Waals surface area contributed by atoms with E-state index in [-0.39, 0.29) is 11.3 Å².